The van der Waals surface area contributed by atoms with Crippen molar-refractivity contribution in [3.63, 3.8) is 0 Å². The molecule has 7 heteroatoms. The van der Waals surface area contributed by atoms with Crippen LogP contribution in [0.25, 0.3) is 22.4 Å². The Labute approximate surface area is 109 Å². The van der Waals surface area contributed by atoms with Crippen LogP contribution in [0.5, 0.6) is 0 Å². The van der Waals surface area contributed by atoms with E-state index in [9.17, 15) is 0 Å². The van der Waals surface area contributed by atoms with Crippen LogP contribution in [0.2, 0.25) is 0 Å². The summed E-state index contributed by atoms with van der Waals surface area (Å²) in [6.45, 7) is 4.20. The summed E-state index contributed by atoms with van der Waals surface area (Å²) in [6, 6.07) is 0. The van der Waals surface area contributed by atoms with E-state index >= 15 is 0 Å². The average molecular weight is 257 g/mol. The number of H-pyrrole nitrogens is 1. The van der Waals surface area contributed by atoms with Crippen molar-refractivity contribution in [1.82, 2.24) is 29.7 Å². The molecule has 0 aliphatic carbocycles. The van der Waals surface area contributed by atoms with Crippen molar-refractivity contribution in [3.8, 4) is 11.3 Å². The maximum atomic E-state index is 5.75. The highest BCUT2D eigenvalue weighted by Crippen LogP contribution is 2.30. The molecule has 0 aromatic carbocycles. The van der Waals surface area contributed by atoms with Crippen LogP contribution < -0.4 is 5.73 Å². The molecule has 0 bridgehead atoms. The fraction of sp³-hybridized carbons (Fsp3) is 0.333. The van der Waals surface area contributed by atoms with E-state index in [0.717, 1.165) is 22.5 Å². The number of hydrogen-bond acceptors (Lipinski definition) is 5. The van der Waals surface area contributed by atoms with Crippen LogP contribution in [0.4, 0.5) is 5.95 Å². The molecule has 0 saturated carbocycles. The topological polar surface area (TPSA) is 98.3 Å². The van der Waals surface area contributed by atoms with Gasteiger partial charge in [-0.2, -0.15) is 10.1 Å². The standard InChI is InChI=1S/C12H15N7/c1-6(2)8-7(4-19(3)18-8)9-10-11(15-5-14-10)17-12(13)16-9/h4-6H,1-3H3,(H3,13,14,15,16,17). The van der Waals surface area contributed by atoms with Gasteiger partial charge in [0, 0.05) is 18.8 Å². The zero-order valence-electron chi connectivity index (χ0n) is 11.0. The van der Waals surface area contributed by atoms with E-state index in [1.807, 2.05) is 13.2 Å². The molecule has 0 aliphatic heterocycles. The predicted octanol–water partition coefficient (Wildman–Crippen LogP) is 1.46. The molecule has 0 atom stereocenters. The van der Waals surface area contributed by atoms with Crippen LogP contribution in [0.3, 0.4) is 0 Å². The molecule has 0 saturated heterocycles. The Morgan fingerprint density at radius 2 is 2.11 bits per heavy atom. The van der Waals surface area contributed by atoms with E-state index in [2.05, 4.69) is 38.9 Å². The van der Waals surface area contributed by atoms with E-state index in [4.69, 9.17) is 5.73 Å². The average Bonchev–Trinajstić information content (AvgIpc) is 2.93. The molecule has 98 valence electrons. The van der Waals surface area contributed by atoms with Crippen molar-refractivity contribution in [2.24, 2.45) is 7.05 Å². The number of nitrogen functional groups attached to an aromatic ring is 1. The Kier molecular flexibility index (Phi) is 2.48. The molecule has 7 nitrogen and oxygen atoms in total. The maximum Gasteiger partial charge on any atom is 0.222 e. The molecule has 0 fully saturated rings. The molecule has 3 aromatic heterocycles. The van der Waals surface area contributed by atoms with E-state index in [1.54, 1.807) is 11.0 Å². The van der Waals surface area contributed by atoms with Crippen LogP contribution in [0.15, 0.2) is 12.5 Å². The van der Waals surface area contributed by atoms with Gasteiger partial charge < -0.3 is 10.7 Å². The summed E-state index contributed by atoms with van der Waals surface area (Å²) in [4.78, 5) is 15.6. The van der Waals surface area contributed by atoms with E-state index in [0.29, 0.717) is 11.6 Å². The monoisotopic (exact) mass is 257 g/mol. The van der Waals surface area contributed by atoms with Crippen molar-refractivity contribution in [1.29, 1.82) is 0 Å². The molecule has 0 aliphatic rings. The third-order valence-electron chi connectivity index (χ3n) is 2.96. The van der Waals surface area contributed by atoms with Crippen molar-refractivity contribution in [3.05, 3.63) is 18.2 Å². The first kappa shape index (κ1) is 11.6. The Hall–Kier alpha value is -2.44. The highest BCUT2D eigenvalue weighted by Gasteiger charge is 2.18. The lowest BCUT2D eigenvalue weighted by Gasteiger charge is -2.05. The number of nitrogens with one attached hydrogen (secondary N) is 1. The van der Waals surface area contributed by atoms with Gasteiger partial charge in [0.2, 0.25) is 5.95 Å². The number of aromatic nitrogens is 6. The van der Waals surface area contributed by atoms with Crippen LogP contribution in [-0.4, -0.2) is 29.7 Å². The highest BCUT2D eigenvalue weighted by atomic mass is 15.3. The van der Waals surface area contributed by atoms with Gasteiger partial charge in [-0.05, 0) is 5.92 Å². The normalized spacial score (nSPS) is 11.6. The lowest BCUT2D eigenvalue weighted by Crippen LogP contribution is -1.99. The zero-order valence-corrected chi connectivity index (χ0v) is 11.0. The molecule has 3 N–H and O–H groups in total. The van der Waals surface area contributed by atoms with Crippen molar-refractivity contribution in [2.45, 2.75) is 19.8 Å². The Bertz CT molecular complexity index is 738. The van der Waals surface area contributed by atoms with Gasteiger partial charge in [-0.25, -0.2) is 9.97 Å². The van der Waals surface area contributed by atoms with Crippen molar-refractivity contribution < 1.29 is 0 Å². The molecule has 0 amide bonds. The number of anilines is 1. The summed E-state index contributed by atoms with van der Waals surface area (Å²) in [5, 5.41) is 4.49. The summed E-state index contributed by atoms with van der Waals surface area (Å²) < 4.78 is 1.78. The number of nitrogens with two attached hydrogens (primary N) is 1. The van der Waals surface area contributed by atoms with Crippen LogP contribution in [-0.2, 0) is 7.05 Å². The SMILES string of the molecule is CC(C)c1nn(C)cc1-c1nc(N)nc2nc[nH]c12. The third kappa shape index (κ3) is 1.83. The first-order valence-corrected chi connectivity index (χ1v) is 6.06. The summed E-state index contributed by atoms with van der Waals surface area (Å²) in [6.07, 6.45) is 3.53. The lowest BCUT2D eigenvalue weighted by atomic mass is 10.0. The van der Waals surface area contributed by atoms with Gasteiger partial charge in [-0.1, -0.05) is 13.8 Å². The minimum atomic E-state index is 0.216. The second-order valence-electron chi connectivity index (χ2n) is 4.79. The summed E-state index contributed by atoms with van der Waals surface area (Å²) in [5.74, 6) is 0.513. The fourth-order valence-electron chi connectivity index (χ4n) is 2.16. The maximum absolute atomic E-state index is 5.75. The quantitative estimate of drug-likeness (QED) is 0.724. The molecule has 0 radical (unpaired) electrons. The molecule has 0 unspecified atom stereocenters. The number of hydrogen-bond donors (Lipinski definition) is 2. The second kappa shape index (κ2) is 4.04. The van der Waals surface area contributed by atoms with Crippen LogP contribution in [0, 0.1) is 0 Å². The molecular formula is C12H15N7. The van der Waals surface area contributed by atoms with Crippen LogP contribution in [0.1, 0.15) is 25.5 Å². The molecular weight excluding hydrogens is 242 g/mol. The first-order valence-electron chi connectivity index (χ1n) is 6.06. The number of aromatic amines is 1. The number of aryl methyl sites for hydroxylation is 1. The summed E-state index contributed by atoms with van der Waals surface area (Å²) in [7, 11) is 1.89. The van der Waals surface area contributed by atoms with Crippen molar-refractivity contribution >= 4 is 17.1 Å². The second-order valence-corrected chi connectivity index (χ2v) is 4.79. The Morgan fingerprint density at radius 3 is 2.84 bits per heavy atom. The molecule has 3 heterocycles. The molecule has 3 rings (SSSR count). The smallest absolute Gasteiger partial charge is 0.222 e. The molecule has 3 aromatic rings. The number of nitrogens with zero attached hydrogens (tertiary/aromatic N) is 5. The van der Waals surface area contributed by atoms with Gasteiger partial charge in [-0.3, -0.25) is 4.68 Å². The van der Waals surface area contributed by atoms with E-state index < -0.39 is 0 Å². The number of rotatable bonds is 2. The molecule has 0 spiro atoms. The van der Waals surface area contributed by atoms with Gasteiger partial charge in [0.05, 0.1) is 12.0 Å². The van der Waals surface area contributed by atoms with Gasteiger partial charge in [0.15, 0.2) is 5.65 Å². The fourth-order valence-corrected chi connectivity index (χ4v) is 2.16. The van der Waals surface area contributed by atoms with Gasteiger partial charge in [0.1, 0.15) is 11.2 Å². The Balaban J connectivity index is 2.32. The largest absolute Gasteiger partial charge is 0.368 e. The zero-order chi connectivity index (χ0) is 13.6. The van der Waals surface area contributed by atoms with Gasteiger partial charge in [0.25, 0.3) is 0 Å². The minimum absolute atomic E-state index is 0.216. The van der Waals surface area contributed by atoms with Gasteiger partial charge >= 0.3 is 0 Å². The summed E-state index contributed by atoms with van der Waals surface area (Å²) >= 11 is 0. The van der Waals surface area contributed by atoms with Crippen molar-refractivity contribution in [2.75, 3.05) is 5.73 Å². The van der Waals surface area contributed by atoms with Crippen LogP contribution >= 0.6 is 0 Å². The minimum Gasteiger partial charge on any atom is -0.368 e. The highest BCUT2D eigenvalue weighted by molar-refractivity contribution is 5.88. The lowest BCUT2D eigenvalue weighted by molar-refractivity contribution is 0.713. The number of fused-ring (bicyclic) bond motifs is 1. The van der Waals surface area contributed by atoms with E-state index in [-0.39, 0.29) is 5.95 Å². The first-order chi connectivity index (χ1) is 9.06. The molecule has 19 heavy (non-hydrogen) atoms. The van der Waals surface area contributed by atoms with E-state index in [1.165, 1.54) is 0 Å². The number of imidazole rings is 1. The van der Waals surface area contributed by atoms with Gasteiger partial charge in [-0.15, -0.1) is 0 Å². The summed E-state index contributed by atoms with van der Waals surface area (Å²) in [5.41, 5.74) is 9.79. The third-order valence-corrected chi connectivity index (χ3v) is 2.96. The predicted molar refractivity (Wildman–Crippen MR) is 72.4 cm³/mol. The Morgan fingerprint density at radius 1 is 1.32 bits per heavy atom.